The standard InChI is InChI=1S/C12H9F5N2O2/c1-6(18)10(4-19-12(15,16)17)21-11-8(13)2-7(5-20)3-9(11)14/h2-5,18-19H,1H3/p+1. The van der Waals surface area contributed by atoms with Gasteiger partial charge in [0.05, 0.1) is 5.71 Å². The molecule has 0 bridgehead atoms. The highest BCUT2D eigenvalue weighted by Crippen LogP contribution is 2.24. The molecule has 0 aromatic heterocycles. The van der Waals surface area contributed by atoms with Crippen molar-refractivity contribution in [2.45, 2.75) is 13.2 Å². The summed E-state index contributed by atoms with van der Waals surface area (Å²) >= 11 is 0. The SMILES string of the molecule is CC(=N)C(=C[NH2+]C(F)(F)F)Oc1c(F)cc(C=O)cc1F. The second kappa shape index (κ2) is 6.44. The molecule has 1 rings (SSSR count). The van der Waals surface area contributed by atoms with Crippen LogP contribution in [0.3, 0.4) is 0 Å². The fraction of sp³-hybridized carbons (Fsp3) is 0.167. The predicted octanol–water partition coefficient (Wildman–Crippen LogP) is 2.12. The van der Waals surface area contributed by atoms with Crippen molar-refractivity contribution in [3.8, 4) is 5.75 Å². The largest absolute Gasteiger partial charge is 0.562 e. The molecule has 0 amide bonds. The summed E-state index contributed by atoms with van der Waals surface area (Å²) in [4.78, 5) is 10.4. The molecule has 4 nitrogen and oxygen atoms in total. The first-order chi connectivity index (χ1) is 9.64. The van der Waals surface area contributed by atoms with E-state index in [0.717, 1.165) is 6.92 Å². The fourth-order valence-corrected chi connectivity index (χ4v) is 1.26. The number of hydrogen-bond acceptors (Lipinski definition) is 3. The first-order valence-corrected chi connectivity index (χ1v) is 5.44. The Hall–Kier alpha value is -2.29. The normalized spacial score (nSPS) is 12.2. The molecule has 21 heavy (non-hydrogen) atoms. The van der Waals surface area contributed by atoms with Gasteiger partial charge in [0.1, 0.15) is 12.5 Å². The van der Waals surface area contributed by atoms with Crippen LogP contribution < -0.4 is 10.1 Å². The summed E-state index contributed by atoms with van der Waals surface area (Å²) in [5.74, 6) is -4.20. The topological polar surface area (TPSA) is 66.8 Å². The number of allylic oxidation sites excluding steroid dienone is 1. The monoisotopic (exact) mass is 309 g/mol. The van der Waals surface area contributed by atoms with Gasteiger partial charge in [-0.2, -0.15) is 0 Å². The molecule has 0 fully saturated rings. The lowest BCUT2D eigenvalue weighted by molar-refractivity contribution is -0.767. The van der Waals surface area contributed by atoms with E-state index in [9.17, 15) is 26.7 Å². The zero-order valence-corrected chi connectivity index (χ0v) is 10.6. The molecule has 0 unspecified atom stereocenters. The van der Waals surface area contributed by atoms with E-state index in [1.54, 1.807) is 0 Å². The van der Waals surface area contributed by atoms with E-state index in [1.807, 2.05) is 0 Å². The molecule has 1 aromatic carbocycles. The van der Waals surface area contributed by atoms with Crippen LogP contribution in [0, 0.1) is 17.0 Å². The van der Waals surface area contributed by atoms with Gasteiger partial charge in [-0.3, -0.25) is 4.79 Å². The Morgan fingerprint density at radius 1 is 1.29 bits per heavy atom. The van der Waals surface area contributed by atoms with Gasteiger partial charge >= 0.3 is 6.30 Å². The summed E-state index contributed by atoms with van der Waals surface area (Å²) in [6.07, 6.45) is -4.08. The van der Waals surface area contributed by atoms with Crippen molar-refractivity contribution in [1.82, 2.24) is 0 Å². The number of aldehydes is 1. The van der Waals surface area contributed by atoms with Gasteiger partial charge in [0, 0.05) is 5.56 Å². The molecule has 0 aliphatic rings. The van der Waals surface area contributed by atoms with Crippen molar-refractivity contribution in [2.24, 2.45) is 0 Å². The Morgan fingerprint density at radius 3 is 2.19 bits per heavy atom. The molecule has 0 aliphatic carbocycles. The maximum absolute atomic E-state index is 13.5. The highest BCUT2D eigenvalue weighted by Gasteiger charge is 2.32. The molecule has 0 spiro atoms. The van der Waals surface area contributed by atoms with Crippen LogP contribution >= 0.6 is 0 Å². The molecule has 114 valence electrons. The fourth-order valence-electron chi connectivity index (χ4n) is 1.26. The van der Waals surface area contributed by atoms with Gasteiger partial charge in [-0.25, -0.2) is 14.1 Å². The van der Waals surface area contributed by atoms with Crippen LogP contribution in [-0.4, -0.2) is 18.3 Å². The van der Waals surface area contributed by atoms with Gasteiger partial charge in [0.25, 0.3) is 0 Å². The number of carbonyl (C=O) groups excluding carboxylic acids is 1. The quantitative estimate of drug-likeness (QED) is 0.288. The van der Waals surface area contributed by atoms with E-state index in [2.05, 4.69) is 4.74 Å². The zero-order valence-electron chi connectivity index (χ0n) is 10.6. The number of benzene rings is 1. The van der Waals surface area contributed by atoms with E-state index in [1.165, 1.54) is 0 Å². The lowest BCUT2D eigenvalue weighted by Crippen LogP contribution is -2.88. The number of nitrogens with one attached hydrogen (secondary N) is 1. The summed E-state index contributed by atoms with van der Waals surface area (Å²) < 4.78 is 67.9. The Morgan fingerprint density at radius 2 is 1.81 bits per heavy atom. The second-order valence-corrected chi connectivity index (χ2v) is 3.90. The van der Waals surface area contributed by atoms with E-state index in [0.29, 0.717) is 18.3 Å². The lowest BCUT2D eigenvalue weighted by atomic mass is 10.2. The smallest absolute Gasteiger partial charge is 0.444 e. The molecular formula is C12H10F5N2O2+. The van der Waals surface area contributed by atoms with Crippen LogP contribution in [0.1, 0.15) is 17.3 Å². The zero-order chi connectivity index (χ0) is 16.2. The third-order valence-corrected chi connectivity index (χ3v) is 2.16. The third-order valence-electron chi connectivity index (χ3n) is 2.16. The van der Waals surface area contributed by atoms with Crippen molar-refractivity contribution < 1.29 is 36.8 Å². The van der Waals surface area contributed by atoms with Gasteiger partial charge in [-0.15, -0.1) is 13.2 Å². The number of rotatable bonds is 5. The number of carbonyl (C=O) groups is 1. The predicted molar refractivity (Wildman–Crippen MR) is 61.8 cm³/mol. The summed E-state index contributed by atoms with van der Waals surface area (Å²) in [5, 5.41) is 7.02. The maximum atomic E-state index is 13.5. The molecular weight excluding hydrogens is 299 g/mol. The van der Waals surface area contributed by atoms with Crippen LogP contribution in [0.2, 0.25) is 0 Å². The average molecular weight is 309 g/mol. The Kier molecular flexibility index (Phi) is 5.14. The molecule has 0 heterocycles. The van der Waals surface area contributed by atoms with Crippen LogP contribution in [-0.2, 0) is 0 Å². The molecule has 0 aliphatic heterocycles. The van der Waals surface area contributed by atoms with Crippen LogP contribution in [0.5, 0.6) is 5.75 Å². The number of alkyl halides is 3. The van der Waals surface area contributed by atoms with Crippen molar-refractivity contribution >= 4 is 12.0 Å². The number of nitrogens with two attached hydrogens (primary N) is 1. The first-order valence-electron chi connectivity index (χ1n) is 5.44. The molecule has 0 saturated carbocycles. The molecule has 1 aromatic rings. The molecule has 9 heteroatoms. The minimum Gasteiger partial charge on any atom is -0.444 e. The number of ether oxygens (including phenoxy) is 1. The maximum Gasteiger partial charge on any atom is 0.562 e. The Labute approximate surface area is 115 Å². The van der Waals surface area contributed by atoms with Crippen molar-refractivity contribution in [3.63, 3.8) is 0 Å². The van der Waals surface area contributed by atoms with E-state index < -0.39 is 35.2 Å². The van der Waals surface area contributed by atoms with Crippen molar-refractivity contribution in [1.29, 1.82) is 5.41 Å². The van der Waals surface area contributed by atoms with Gasteiger partial charge < -0.3 is 10.1 Å². The van der Waals surface area contributed by atoms with Crippen LogP contribution in [0.4, 0.5) is 22.0 Å². The summed E-state index contributed by atoms with van der Waals surface area (Å²) in [7, 11) is 0. The first kappa shape index (κ1) is 16.8. The van der Waals surface area contributed by atoms with Gasteiger partial charge in [0.2, 0.25) is 5.76 Å². The minimum atomic E-state index is -4.66. The Bertz CT molecular complexity index is 573. The van der Waals surface area contributed by atoms with E-state index >= 15 is 0 Å². The number of hydrogen-bond donors (Lipinski definition) is 2. The van der Waals surface area contributed by atoms with E-state index in [-0.39, 0.29) is 17.2 Å². The minimum absolute atomic E-state index is 0.200. The Balaban J connectivity index is 3.11. The second-order valence-electron chi connectivity index (χ2n) is 3.90. The number of quaternary nitrogens is 1. The lowest BCUT2D eigenvalue weighted by Gasteiger charge is -2.10. The highest BCUT2D eigenvalue weighted by atomic mass is 19.4. The molecule has 3 N–H and O–H groups in total. The van der Waals surface area contributed by atoms with Crippen molar-refractivity contribution in [3.05, 3.63) is 41.3 Å². The summed E-state index contributed by atoms with van der Waals surface area (Å²) in [5.41, 5.74) is -0.759. The van der Waals surface area contributed by atoms with Gasteiger partial charge in [-0.1, -0.05) is 0 Å². The average Bonchev–Trinajstić information content (AvgIpc) is 2.35. The van der Waals surface area contributed by atoms with Crippen LogP contribution in [0.25, 0.3) is 0 Å². The molecule has 0 radical (unpaired) electrons. The molecule has 0 atom stereocenters. The molecule has 0 saturated heterocycles. The van der Waals surface area contributed by atoms with Crippen molar-refractivity contribution in [2.75, 3.05) is 0 Å². The van der Waals surface area contributed by atoms with E-state index in [4.69, 9.17) is 5.41 Å². The summed E-state index contributed by atoms with van der Waals surface area (Å²) in [6.45, 7) is 1.09. The number of halogens is 5. The van der Waals surface area contributed by atoms with Crippen LogP contribution in [0.15, 0.2) is 24.1 Å². The van der Waals surface area contributed by atoms with Gasteiger partial charge in [-0.05, 0) is 19.1 Å². The summed E-state index contributed by atoms with van der Waals surface area (Å²) in [6, 6.07) is 1.32. The third kappa shape index (κ3) is 4.95. The van der Waals surface area contributed by atoms with Gasteiger partial charge in [0.15, 0.2) is 17.4 Å². The highest BCUT2D eigenvalue weighted by molar-refractivity contribution is 5.93.